The summed E-state index contributed by atoms with van der Waals surface area (Å²) in [4.78, 5) is 43.0. The van der Waals surface area contributed by atoms with Crippen LogP contribution in [-0.2, 0) is 21.4 Å². The number of phenols is 1. The summed E-state index contributed by atoms with van der Waals surface area (Å²) in [6.07, 6.45) is 2.41. The third-order valence-electron chi connectivity index (χ3n) is 10.4. The SMILES string of the molecule is O=C(c1ccccc1)c1ccc(NC(=O)C2C[C@@]3(O)[C@H]4Cc5ccc(O)c6c5[C@@]3(CCN4CC3CC3)[C@@H](O6)C2=O)cc1. The minimum Gasteiger partial charge on any atom is -0.504 e. The second-order valence-electron chi connectivity index (χ2n) is 12.7. The van der Waals surface area contributed by atoms with Crippen LogP contribution in [0.15, 0.2) is 66.7 Å². The van der Waals surface area contributed by atoms with E-state index in [2.05, 4.69) is 10.2 Å². The van der Waals surface area contributed by atoms with E-state index in [0.29, 0.717) is 35.6 Å². The third kappa shape index (κ3) is 3.51. The number of ether oxygens (including phenoxy) is 1. The quantitative estimate of drug-likeness (QED) is 0.309. The van der Waals surface area contributed by atoms with Crippen molar-refractivity contribution in [2.45, 2.75) is 55.3 Å². The zero-order valence-corrected chi connectivity index (χ0v) is 23.1. The molecule has 214 valence electrons. The fourth-order valence-corrected chi connectivity index (χ4v) is 8.21. The maximum Gasteiger partial charge on any atom is 0.235 e. The number of Topliss-reactive ketones (excluding diaryl/α,β-unsaturated/α-hetero) is 1. The normalized spacial score (nSPS) is 30.8. The summed E-state index contributed by atoms with van der Waals surface area (Å²) in [6.45, 7) is 1.63. The van der Waals surface area contributed by atoms with Gasteiger partial charge in [0.05, 0.1) is 11.0 Å². The molecule has 8 heteroatoms. The molecule has 2 heterocycles. The fourth-order valence-electron chi connectivity index (χ4n) is 8.21. The summed E-state index contributed by atoms with van der Waals surface area (Å²) in [5.41, 5.74) is 0.905. The molecule has 3 N–H and O–H groups in total. The van der Waals surface area contributed by atoms with E-state index >= 15 is 0 Å². The number of phenolic OH excluding ortho intramolecular Hbond substituents is 1. The van der Waals surface area contributed by atoms with Gasteiger partial charge in [0, 0.05) is 35.0 Å². The molecule has 3 aliphatic carbocycles. The standard InChI is InChI=1S/C34H32N2O6/c37-25-13-10-22-16-26-34(41)17-24(32(40)35-23-11-8-21(9-12-23)28(38)20-4-2-1-3-5-20)29(39)31-33(34,27(22)30(25)42-31)14-15-36(26)18-19-6-7-19/h1-5,8-13,19,24,26,31,37,41H,6-7,14-18H2,(H,35,40)/t24?,26-,31+,33+,34-/m1/s1. The van der Waals surface area contributed by atoms with Crippen LogP contribution in [-0.4, -0.2) is 63.4 Å². The molecular formula is C34H32N2O6. The highest BCUT2D eigenvalue weighted by atomic mass is 16.5. The van der Waals surface area contributed by atoms with Crippen LogP contribution >= 0.6 is 0 Å². The van der Waals surface area contributed by atoms with Gasteiger partial charge in [0.15, 0.2) is 29.2 Å². The number of amides is 1. The smallest absolute Gasteiger partial charge is 0.235 e. The molecule has 3 fully saturated rings. The van der Waals surface area contributed by atoms with Gasteiger partial charge in [0.25, 0.3) is 0 Å². The molecule has 8 nitrogen and oxygen atoms in total. The van der Waals surface area contributed by atoms with Crippen LogP contribution in [0.2, 0.25) is 0 Å². The van der Waals surface area contributed by atoms with Gasteiger partial charge in [-0.05, 0) is 80.5 Å². The van der Waals surface area contributed by atoms with Crippen molar-refractivity contribution in [2.24, 2.45) is 11.8 Å². The lowest BCUT2D eigenvalue weighted by Crippen LogP contribution is -2.78. The number of nitrogens with one attached hydrogen (secondary N) is 1. The molecule has 2 saturated carbocycles. The van der Waals surface area contributed by atoms with Crippen molar-refractivity contribution in [3.8, 4) is 11.5 Å². The first kappa shape index (κ1) is 25.7. The highest BCUT2D eigenvalue weighted by Gasteiger charge is 2.75. The van der Waals surface area contributed by atoms with E-state index in [9.17, 15) is 24.6 Å². The van der Waals surface area contributed by atoms with Crippen LogP contribution in [0.5, 0.6) is 11.5 Å². The zero-order valence-electron chi connectivity index (χ0n) is 23.1. The van der Waals surface area contributed by atoms with Crippen LogP contribution in [0.3, 0.4) is 0 Å². The molecule has 3 aromatic carbocycles. The maximum atomic E-state index is 14.1. The number of anilines is 1. The lowest BCUT2D eigenvalue weighted by atomic mass is 9.47. The molecule has 0 radical (unpaired) electrons. The monoisotopic (exact) mass is 564 g/mol. The number of likely N-dealkylation sites (tertiary alicyclic amines) is 1. The van der Waals surface area contributed by atoms with Gasteiger partial charge in [-0.25, -0.2) is 0 Å². The number of piperidine rings is 1. The summed E-state index contributed by atoms with van der Waals surface area (Å²) in [6, 6.07) is 18.8. The molecule has 42 heavy (non-hydrogen) atoms. The summed E-state index contributed by atoms with van der Waals surface area (Å²) < 4.78 is 6.23. The molecule has 2 bridgehead atoms. The van der Waals surface area contributed by atoms with Crippen LogP contribution in [0.25, 0.3) is 0 Å². The number of ketones is 2. The Morgan fingerprint density at radius 3 is 2.48 bits per heavy atom. The third-order valence-corrected chi connectivity index (χ3v) is 10.4. The van der Waals surface area contributed by atoms with E-state index in [1.54, 1.807) is 54.6 Å². The Hall–Kier alpha value is -4.01. The van der Waals surface area contributed by atoms with Crippen molar-refractivity contribution in [3.05, 3.63) is 89.0 Å². The van der Waals surface area contributed by atoms with Gasteiger partial charge in [-0.15, -0.1) is 0 Å². The summed E-state index contributed by atoms with van der Waals surface area (Å²) in [5, 5.41) is 26.3. The topological polar surface area (TPSA) is 116 Å². The van der Waals surface area contributed by atoms with Gasteiger partial charge in [-0.2, -0.15) is 0 Å². The first-order chi connectivity index (χ1) is 20.3. The number of carbonyl (C=O) groups is 3. The molecule has 2 aliphatic heterocycles. The van der Waals surface area contributed by atoms with Crippen molar-refractivity contribution < 1.29 is 29.3 Å². The number of nitrogens with zero attached hydrogens (tertiary/aromatic N) is 1. The molecular weight excluding hydrogens is 532 g/mol. The maximum absolute atomic E-state index is 14.1. The fraction of sp³-hybridized carbons (Fsp3) is 0.382. The van der Waals surface area contributed by atoms with Crippen LogP contribution < -0.4 is 10.1 Å². The molecule has 3 aromatic rings. The summed E-state index contributed by atoms with van der Waals surface area (Å²) in [5.74, 6) is -1.27. The number of hydrogen-bond acceptors (Lipinski definition) is 7. The minimum absolute atomic E-state index is 0.0114. The lowest BCUT2D eigenvalue weighted by molar-refractivity contribution is -0.197. The predicted molar refractivity (Wildman–Crippen MR) is 154 cm³/mol. The largest absolute Gasteiger partial charge is 0.504 e. The van der Waals surface area contributed by atoms with Crippen molar-refractivity contribution in [1.82, 2.24) is 4.90 Å². The molecule has 8 rings (SSSR count). The molecule has 0 aromatic heterocycles. The van der Waals surface area contributed by atoms with E-state index in [-0.39, 0.29) is 35.5 Å². The number of aromatic hydroxyl groups is 1. The second-order valence-corrected chi connectivity index (χ2v) is 12.7. The number of benzene rings is 3. The number of rotatable bonds is 6. The van der Waals surface area contributed by atoms with Crippen LogP contribution in [0.1, 0.15) is 52.7 Å². The van der Waals surface area contributed by atoms with Crippen LogP contribution in [0.4, 0.5) is 5.69 Å². The van der Waals surface area contributed by atoms with Crippen molar-refractivity contribution in [2.75, 3.05) is 18.4 Å². The number of hydrogen-bond donors (Lipinski definition) is 3. The van der Waals surface area contributed by atoms with Crippen molar-refractivity contribution in [1.29, 1.82) is 0 Å². The van der Waals surface area contributed by atoms with Gasteiger partial charge in [-0.3, -0.25) is 19.3 Å². The Morgan fingerprint density at radius 2 is 1.74 bits per heavy atom. The Bertz CT molecular complexity index is 1630. The van der Waals surface area contributed by atoms with E-state index < -0.39 is 28.9 Å². The van der Waals surface area contributed by atoms with Crippen molar-refractivity contribution in [3.63, 3.8) is 0 Å². The zero-order chi connectivity index (χ0) is 28.8. The average Bonchev–Trinajstić information content (AvgIpc) is 3.74. The van der Waals surface area contributed by atoms with Gasteiger partial charge >= 0.3 is 0 Å². The minimum atomic E-state index is -1.38. The molecule has 1 amide bonds. The van der Waals surface area contributed by atoms with Gasteiger partial charge < -0.3 is 20.3 Å². The number of carbonyl (C=O) groups excluding carboxylic acids is 3. The number of aliphatic hydroxyl groups is 1. The Balaban J connectivity index is 1.11. The Kier molecular flexibility index (Phi) is 5.50. The molecule has 1 saturated heterocycles. The highest BCUT2D eigenvalue weighted by molar-refractivity contribution is 6.11. The second kappa shape index (κ2) is 8.99. The van der Waals surface area contributed by atoms with E-state index in [4.69, 9.17) is 4.74 Å². The Morgan fingerprint density at radius 1 is 1.00 bits per heavy atom. The van der Waals surface area contributed by atoms with Crippen LogP contribution in [0, 0.1) is 11.8 Å². The van der Waals surface area contributed by atoms with E-state index in [1.165, 1.54) is 12.8 Å². The van der Waals surface area contributed by atoms with E-state index in [0.717, 1.165) is 24.2 Å². The lowest BCUT2D eigenvalue weighted by Gasteiger charge is -2.63. The predicted octanol–water partition coefficient (Wildman–Crippen LogP) is 3.62. The van der Waals surface area contributed by atoms with Gasteiger partial charge in [0.1, 0.15) is 5.92 Å². The molecule has 1 unspecified atom stereocenters. The first-order valence-electron chi connectivity index (χ1n) is 14.8. The molecule has 5 atom stereocenters. The highest BCUT2D eigenvalue weighted by Crippen LogP contribution is 2.65. The summed E-state index contributed by atoms with van der Waals surface area (Å²) in [7, 11) is 0. The average molecular weight is 565 g/mol. The summed E-state index contributed by atoms with van der Waals surface area (Å²) >= 11 is 0. The van der Waals surface area contributed by atoms with E-state index in [1.807, 2.05) is 12.1 Å². The van der Waals surface area contributed by atoms with Gasteiger partial charge in [-0.1, -0.05) is 36.4 Å². The van der Waals surface area contributed by atoms with Crippen molar-refractivity contribution >= 4 is 23.2 Å². The molecule has 1 spiro atoms. The van der Waals surface area contributed by atoms with Gasteiger partial charge in [0.2, 0.25) is 5.91 Å². The Labute approximate surface area is 243 Å². The molecule has 5 aliphatic rings. The first-order valence-corrected chi connectivity index (χ1v) is 14.8.